The fourth-order valence-electron chi connectivity index (χ4n) is 7.60. The van der Waals surface area contributed by atoms with E-state index >= 15 is 4.39 Å². The monoisotopic (exact) mass is 657 g/mol. The maximum Gasteiger partial charge on any atom is 0.417 e. The predicted octanol–water partition coefficient (Wildman–Crippen LogP) is 4.56. The molecule has 3 fully saturated rings. The van der Waals surface area contributed by atoms with Crippen LogP contribution in [0.4, 0.5) is 33.5 Å². The number of anilines is 2. The zero-order valence-corrected chi connectivity index (χ0v) is 25.9. The molecular formula is C30H36F5N5O4S. The molecule has 0 radical (unpaired) electrons. The minimum atomic E-state index is -5.05. The van der Waals surface area contributed by atoms with Crippen molar-refractivity contribution in [3.05, 3.63) is 51.7 Å². The number of piperidine rings is 1. The van der Waals surface area contributed by atoms with Gasteiger partial charge < -0.3 is 20.5 Å². The van der Waals surface area contributed by atoms with E-state index in [1.165, 1.54) is 0 Å². The molecule has 0 bridgehead atoms. The summed E-state index contributed by atoms with van der Waals surface area (Å²) in [5.74, 6) is -1.97. The summed E-state index contributed by atoms with van der Waals surface area (Å²) >= 11 is 0. The summed E-state index contributed by atoms with van der Waals surface area (Å²) in [5.41, 5.74) is 1.71. The van der Waals surface area contributed by atoms with E-state index in [0.717, 1.165) is 32.4 Å². The van der Waals surface area contributed by atoms with E-state index in [1.807, 2.05) is 0 Å². The van der Waals surface area contributed by atoms with Crippen LogP contribution < -0.4 is 15.4 Å². The molecule has 9 nitrogen and oxygen atoms in total. The number of alkyl halides is 3. The normalized spacial score (nSPS) is 29.2. The van der Waals surface area contributed by atoms with E-state index in [1.54, 1.807) is 11.8 Å². The molecule has 3 N–H and O–H groups in total. The van der Waals surface area contributed by atoms with Gasteiger partial charge in [-0.3, -0.25) is 4.90 Å². The number of nitrogens with zero attached hydrogens (tertiary/aromatic N) is 4. The van der Waals surface area contributed by atoms with Gasteiger partial charge in [-0.15, -0.1) is 0 Å². The van der Waals surface area contributed by atoms with E-state index in [4.69, 9.17) is 10.5 Å². The van der Waals surface area contributed by atoms with E-state index in [9.17, 15) is 31.1 Å². The third-order valence-electron chi connectivity index (χ3n) is 9.63. The maximum absolute atomic E-state index is 15.5. The lowest BCUT2D eigenvalue weighted by atomic mass is 9.93. The lowest BCUT2D eigenvalue weighted by Crippen LogP contribution is -2.47. The zero-order valence-electron chi connectivity index (χ0n) is 25.1. The van der Waals surface area contributed by atoms with Crippen molar-refractivity contribution in [3.63, 3.8) is 0 Å². The van der Waals surface area contributed by atoms with Gasteiger partial charge in [0, 0.05) is 37.2 Å². The van der Waals surface area contributed by atoms with E-state index in [2.05, 4.69) is 14.9 Å². The predicted molar refractivity (Wildman–Crippen MR) is 157 cm³/mol. The Balaban J connectivity index is 1.44. The van der Waals surface area contributed by atoms with Crippen molar-refractivity contribution in [2.45, 2.75) is 80.7 Å². The first-order chi connectivity index (χ1) is 21.0. The Bertz CT molecular complexity index is 1660. The summed E-state index contributed by atoms with van der Waals surface area (Å²) < 4.78 is 105. The van der Waals surface area contributed by atoms with Crippen LogP contribution in [0, 0.1) is 12.7 Å². The Kier molecular flexibility index (Phi) is 7.83. The molecule has 2 aromatic rings. The Labute approximate surface area is 258 Å². The van der Waals surface area contributed by atoms with Crippen LogP contribution in [0.2, 0.25) is 0 Å². The SMILES string of the molecule is Cc1cc(N)c(F)c([C@H]2Cc3nc(OC[C@@]45CCCN4CC(=CF)C5)nc(N4CCC[C@@](C)(O)C4)c3CS2(=O)=O)c1C(F)(F)F. The van der Waals surface area contributed by atoms with E-state index in [-0.39, 0.29) is 41.8 Å². The van der Waals surface area contributed by atoms with Gasteiger partial charge in [-0.25, -0.2) is 17.2 Å². The largest absolute Gasteiger partial charge is 0.461 e. The number of nitrogens with two attached hydrogens (primary N) is 1. The molecule has 1 aromatic heterocycles. The quantitative estimate of drug-likeness (QED) is 0.352. The summed E-state index contributed by atoms with van der Waals surface area (Å²) in [6.45, 7) is 4.69. The number of benzene rings is 1. The zero-order chi connectivity index (χ0) is 32.5. The molecule has 4 aliphatic rings. The standard InChI is InChI=1S/C30H36F5N5O4S/c1-17-9-20(36)25(32)23(24(17)30(33,34)35)22-10-21-19(14-45(22,42)43)26(39-7-3-5-28(2,41)15-39)38-27(37-21)44-16-29-6-4-8-40(29)13-18(11-29)12-31/h9,12,22,41H,3-8,10-11,13-16,36H2,1-2H3/t22-,28-,29+/m1/s1. The fraction of sp³-hybridized carbons (Fsp3) is 0.600. The molecule has 15 heteroatoms. The molecule has 0 aliphatic carbocycles. The molecule has 0 spiro atoms. The van der Waals surface area contributed by atoms with Crippen molar-refractivity contribution in [1.82, 2.24) is 14.9 Å². The van der Waals surface area contributed by atoms with Crippen LogP contribution in [0.1, 0.15) is 72.2 Å². The second-order valence-electron chi connectivity index (χ2n) is 13.1. The van der Waals surface area contributed by atoms with Crippen molar-refractivity contribution in [3.8, 4) is 6.01 Å². The molecule has 0 saturated carbocycles. The van der Waals surface area contributed by atoms with Gasteiger partial charge >= 0.3 is 12.2 Å². The average molecular weight is 658 g/mol. The van der Waals surface area contributed by atoms with Crippen molar-refractivity contribution >= 4 is 21.3 Å². The van der Waals surface area contributed by atoms with Crippen molar-refractivity contribution in [2.75, 3.05) is 43.4 Å². The number of fused-ring (bicyclic) bond motifs is 2. The number of β-amino-alcohol motifs (C(OH)–C–C–N with tert-alkyl or cyclic N) is 1. The van der Waals surface area contributed by atoms with Crippen LogP contribution in [0.25, 0.3) is 0 Å². The third kappa shape index (κ3) is 5.75. The lowest BCUT2D eigenvalue weighted by molar-refractivity contribution is -0.138. The van der Waals surface area contributed by atoms with Crippen LogP contribution in [0.5, 0.6) is 6.01 Å². The summed E-state index contributed by atoms with van der Waals surface area (Å²) in [6, 6.07) is 0.726. The van der Waals surface area contributed by atoms with Gasteiger partial charge in [0.15, 0.2) is 15.7 Å². The highest BCUT2D eigenvalue weighted by Crippen LogP contribution is 2.47. The third-order valence-corrected chi connectivity index (χ3v) is 11.6. The summed E-state index contributed by atoms with van der Waals surface area (Å²) in [5, 5.41) is 8.91. The molecule has 246 valence electrons. The molecule has 3 saturated heterocycles. The van der Waals surface area contributed by atoms with E-state index in [0.29, 0.717) is 44.3 Å². The molecule has 5 heterocycles. The number of halogens is 5. The van der Waals surface area contributed by atoms with Crippen LogP contribution in [-0.2, 0) is 28.2 Å². The maximum atomic E-state index is 15.5. The molecular weight excluding hydrogens is 621 g/mol. The van der Waals surface area contributed by atoms with Crippen LogP contribution >= 0.6 is 0 Å². The van der Waals surface area contributed by atoms with Gasteiger partial charge in [0.25, 0.3) is 0 Å². The Hall–Kier alpha value is -3.04. The number of nitrogen functional groups attached to an aromatic ring is 1. The summed E-state index contributed by atoms with van der Waals surface area (Å²) in [6.07, 6.45) is -1.79. The second-order valence-corrected chi connectivity index (χ2v) is 15.3. The number of aromatic nitrogens is 2. The first kappa shape index (κ1) is 31.9. The van der Waals surface area contributed by atoms with Gasteiger partial charge in [-0.1, -0.05) is 0 Å². The van der Waals surface area contributed by atoms with Crippen LogP contribution in [-0.4, -0.2) is 72.3 Å². The molecule has 1 aromatic carbocycles. The fourth-order valence-corrected chi connectivity index (χ4v) is 9.49. The number of aliphatic hydroxyl groups is 1. The Morgan fingerprint density at radius 2 is 1.96 bits per heavy atom. The molecule has 6 rings (SSSR count). The van der Waals surface area contributed by atoms with Crippen molar-refractivity contribution < 1.29 is 40.2 Å². The lowest BCUT2D eigenvalue weighted by Gasteiger charge is -2.39. The first-order valence-corrected chi connectivity index (χ1v) is 16.7. The topological polar surface area (TPSA) is 122 Å². The number of ether oxygens (including phenoxy) is 1. The molecule has 0 unspecified atom stereocenters. The second kappa shape index (κ2) is 11.0. The van der Waals surface area contributed by atoms with Gasteiger partial charge in [0.2, 0.25) is 0 Å². The Morgan fingerprint density at radius 3 is 2.64 bits per heavy atom. The highest BCUT2D eigenvalue weighted by Gasteiger charge is 2.48. The molecule has 4 aliphatic heterocycles. The van der Waals surface area contributed by atoms with Crippen LogP contribution in [0.3, 0.4) is 0 Å². The highest BCUT2D eigenvalue weighted by atomic mass is 32.2. The minimum absolute atomic E-state index is 0.114. The highest BCUT2D eigenvalue weighted by molar-refractivity contribution is 7.91. The number of rotatable bonds is 5. The number of sulfone groups is 1. The number of hydrogen-bond donors (Lipinski definition) is 2. The van der Waals surface area contributed by atoms with Gasteiger partial charge in [0.1, 0.15) is 12.4 Å². The van der Waals surface area contributed by atoms with Gasteiger partial charge in [-0.2, -0.15) is 23.1 Å². The van der Waals surface area contributed by atoms with Crippen LogP contribution in [0.15, 0.2) is 18.0 Å². The van der Waals surface area contributed by atoms with Gasteiger partial charge in [-0.05, 0) is 69.7 Å². The number of hydrogen-bond acceptors (Lipinski definition) is 9. The average Bonchev–Trinajstić information content (AvgIpc) is 3.49. The summed E-state index contributed by atoms with van der Waals surface area (Å²) in [4.78, 5) is 13.0. The van der Waals surface area contributed by atoms with E-state index < -0.39 is 67.2 Å². The number of aryl methyl sites for hydroxylation is 1. The van der Waals surface area contributed by atoms with Crippen molar-refractivity contribution in [1.29, 1.82) is 0 Å². The van der Waals surface area contributed by atoms with Gasteiger partial charge in [0.05, 0.1) is 45.4 Å². The summed E-state index contributed by atoms with van der Waals surface area (Å²) in [7, 11) is -4.43. The molecule has 45 heavy (non-hydrogen) atoms. The van der Waals surface area contributed by atoms with Crippen molar-refractivity contribution in [2.24, 2.45) is 0 Å². The minimum Gasteiger partial charge on any atom is -0.461 e. The molecule has 3 atom stereocenters. The smallest absolute Gasteiger partial charge is 0.417 e. The molecule has 0 amide bonds. The Morgan fingerprint density at radius 1 is 1.22 bits per heavy atom. The first-order valence-electron chi connectivity index (χ1n) is 14.9.